The number of thiazole rings is 1. The van der Waals surface area contributed by atoms with Crippen LogP contribution in [-0.2, 0) is 17.6 Å². The van der Waals surface area contributed by atoms with Crippen LogP contribution in [0.3, 0.4) is 0 Å². The molecule has 7 heteroatoms. The van der Waals surface area contributed by atoms with Gasteiger partial charge in [-0.15, -0.1) is 11.3 Å². The van der Waals surface area contributed by atoms with Gasteiger partial charge in [-0.05, 0) is 18.3 Å². The monoisotopic (exact) mass is 308 g/mol. The van der Waals surface area contributed by atoms with E-state index in [4.69, 9.17) is 5.73 Å². The molecule has 0 saturated heterocycles. The van der Waals surface area contributed by atoms with E-state index in [-0.39, 0.29) is 18.1 Å². The van der Waals surface area contributed by atoms with E-state index in [0.717, 1.165) is 28.4 Å². The highest BCUT2D eigenvalue weighted by atomic mass is 32.1. The highest BCUT2D eigenvalue weighted by molar-refractivity contribution is 7.11. The van der Waals surface area contributed by atoms with Crippen LogP contribution in [0, 0.1) is 5.41 Å². The van der Waals surface area contributed by atoms with E-state index in [9.17, 15) is 13.2 Å². The Morgan fingerprint density at radius 1 is 1.45 bits per heavy atom. The molecule has 0 aliphatic heterocycles. The number of nitrogens with two attached hydrogens (primary N) is 1. The van der Waals surface area contributed by atoms with Crippen LogP contribution in [0.25, 0.3) is 0 Å². The first-order valence-electron chi connectivity index (χ1n) is 6.55. The van der Waals surface area contributed by atoms with Gasteiger partial charge in [0.05, 0.1) is 17.3 Å². The fourth-order valence-corrected chi connectivity index (χ4v) is 3.56. The molecular formula is C13H19F3N2OS. The van der Waals surface area contributed by atoms with Crippen LogP contribution >= 0.6 is 11.3 Å². The number of halogens is 3. The normalized spacial score (nSPS) is 21.8. The molecule has 0 saturated carbocycles. The van der Waals surface area contributed by atoms with Gasteiger partial charge in [0.15, 0.2) is 0 Å². The van der Waals surface area contributed by atoms with E-state index in [0.29, 0.717) is 6.42 Å². The molecule has 0 fully saturated rings. The molecule has 3 nitrogen and oxygen atoms in total. The van der Waals surface area contributed by atoms with Gasteiger partial charge in [-0.1, -0.05) is 13.8 Å². The van der Waals surface area contributed by atoms with Crippen LogP contribution in [0.15, 0.2) is 0 Å². The Bertz CT molecular complexity index is 471. The van der Waals surface area contributed by atoms with Gasteiger partial charge < -0.3 is 10.5 Å². The highest BCUT2D eigenvalue weighted by Crippen LogP contribution is 2.41. The van der Waals surface area contributed by atoms with Gasteiger partial charge in [0.25, 0.3) is 0 Å². The summed E-state index contributed by atoms with van der Waals surface area (Å²) in [4.78, 5) is 5.59. The second kappa shape index (κ2) is 5.61. The minimum Gasteiger partial charge on any atom is -0.372 e. The van der Waals surface area contributed by atoms with Gasteiger partial charge in [-0.25, -0.2) is 4.98 Å². The number of hydrogen-bond acceptors (Lipinski definition) is 4. The molecule has 1 unspecified atom stereocenters. The first-order chi connectivity index (χ1) is 9.16. The zero-order valence-corrected chi connectivity index (χ0v) is 12.4. The molecule has 1 heterocycles. The molecule has 0 radical (unpaired) electrons. The molecule has 1 aromatic rings. The van der Waals surface area contributed by atoms with Crippen LogP contribution in [0.1, 0.15) is 41.9 Å². The van der Waals surface area contributed by atoms with Crippen LogP contribution < -0.4 is 5.73 Å². The maximum Gasteiger partial charge on any atom is 0.411 e. The molecule has 20 heavy (non-hydrogen) atoms. The molecule has 0 amide bonds. The molecule has 114 valence electrons. The van der Waals surface area contributed by atoms with E-state index in [1.54, 1.807) is 0 Å². The summed E-state index contributed by atoms with van der Waals surface area (Å²) in [5.41, 5.74) is 7.27. The molecule has 0 aromatic carbocycles. The fraction of sp³-hybridized carbons (Fsp3) is 0.769. The number of aromatic nitrogens is 1. The summed E-state index contributed by atoms with van der Waals surface area (Å²) in [5, 5.41) is 0.810. The van der Waals surface area contributed by atoms with Crippen LogP contribution in [-0.4, -0.2) is 24.4 Å². The van der Waals surface area contributed by atoms with E-state index >= 15 is 0 Å². The first-order valence-corrected chi connectivity index (χ1v) is 7.36. The number of alkyl halides is 3. The van der Waals surface area contributed by atoms with Gasteiger partial charge in [0.1, 0.15) is 6.61 Å². The van der Waals surface area contributed by atoms with Crippen molar-refractivity contribution in [3.63, 3.8) is 0 Å². The molecule has 2 rings (SSSR count). The van der Waals surface area contributed by atoms with Gasteiger partial charge in [0, 0.05) is 17.3 Å². The number of rotatable bonds is 4. The molecule has 1 atom stereocenters. The van der Waals surface area contributed by atoms with Crippen molar-refractivity contribution in [2.24, 2.45) is 11.1 Å². The van der Waals surface area contributed by atoms with Crippen molar-refractivity contribution in [2.45, 2.75) is 45.3 Å². The second-order valence-electron chi connectivity index (χ2n) is 5.99. The van der Waals surface area contributed by atoms with Gasteiger partial charge in [0.2, 0.25) is 0 Å². The number of ether oxygens (including phenoxy) is 1. The SMILES string of the molecule is CC1(C)Cc2nc(CCOCC(F)(F)F)sc2C(N)C1. The largest absolute Gasteiger partial charge is 0.411 e. The number of nitrogens with zero attached hydrogens (tertiary/aromatic N) is 1. The van der Waals surface area contributed by atoms with E-state index in [1.165, 1.54) is 11.3 Å². The third kappa shape index (κ3) is 4.17. The van der Waals surface area contributed by atoms with Crippen LogP contribution in [0.4, 0.5) is 13.2 Å². The predicted octanol–water partition coefficient (Wildman–Crippen LogP) is 3.24. The van der Waals surface area contributed by atoms with Crippen molar-refractivity contribution in [2.75, 3.05) is 13.2 Å². The fourth-order valence-electron chi connectivity index (χ4n) is 2.50. The topological polar surface area (TPSA) is 48.1 Å². The standard InChI is InChI=1S/C13H19F3N2OS/c1-12(2)5-8(17)11-9(6-12)18-10(20-11)3-4-19-7-13(14,15)16/h8H,3-7,17H2,1-2H3. The summed E-state index contributed by atoms with van der Waals surface area (Å²) in [6.45, 7) is 3.14. The van der Waals surface area contributed by atoms with Crippen molar-refractivity contribution in [1.29, 1.82) is 0 Å². The molecule has 1 aromatic heterocycles. The Morgan fingerprint density at radius 2 is 2.15 bits per heavy atom. The minimum absolute atomic E-state index is 0.0175. The summed E-state index contributed by atoms with van der Waals surface area (Å²) in [6.07, 6.45) is -2.09. The smallest absolute Gasteiger partial charge is 0.372 e. The van der Waals surface area contributed by atoms with Crippen LogP contribution in [0.2, 0.25) is 0 Å². The lowest BCUT2D eigenvalue weighted by molar-refractivity contribution is -0.173. The summed E-state index contributed by atoms with van der Waals surface area (Å²) in [5.74, 6) is 0. The Labute approximate surface area is 120 Å². The van der Waals surface area contributed by atoms with Crippen LogP contribution in [0.5, 0.6) is 0 Å². The minimum atomic E-state index is -4.27. The van der Waals surface area contributed by atoms with E-state index in [2.05, 4.69) is 23.6 Å². The highest BCUT2D eigenvalue weighted by Gasteiger charge is 2.33. The Hall–Kier alpha value is -0.660. The number of hydrogen-bond donors (Lipinski definition) is 1. The Balaban J connectivity index is 1.92. The lowest BCUT2D eigenvalue weighted by Gasteiger charge is -2.32. The van der Waals surface area contributed by atoms with Crippen molar-refractivity contribution < 1.29 is 17.9 Å². The van der Waals surface area contributed by atoms with Gasteiger partial charge in [-0.2, -0.15) is 13.2 Å². The third-order valence-corrected chi connectivity index (χ3v) is 4.54. The Kier molecular flexibility index (Phi) is 4.41. The molecular weight excluding hydrogens is 289 g/mol. The molecule has 0 spiro atoms. The first kappa shape index (κ1) is 15.7. The summed E-state index contributed by atoms with van der Waals surface area (Å²) >= 11 is 1.50. The average molecular weight is 308 g/mol. The summed E-state index contributed by atoms with van der Waals surface area (Å²) in [6, 6.07) is -0.0175. The molecule has 2 N–H and O–H groups in total. The summed E-state index contributed by atoms with van der Waals surface area (Å²) < 4.78 is 40.5. The summed E-state index contributed by atoms with van der Waals surface area (Å²) in [7, 11) is 0. The van der Waals surface area contributed by atoms with Crippen molar-refractivity contribution in [3.8, 4) is 0 Å². The maximum absolute atomic E-state index is 11.9. The lowest BCUT2D eigenvalue weighted by Crippen LogP contribution is -2.28. The van der Waals surface area contributed by atoms with Crippen molar-refractivity contribution in [3.05, 3.63) is 15.6 Å². The molecule has 0 bridgehead atoms. The molecule has 1 aliphatic rings. The van der Waals surface area contributed by atoms with Crippen molar-refractivity contribution in [1.82, 2.24) is 4.98 Å². The van der Waals surface area contributed by atoms with E-state index < -0.39 is 12.8 Å². The Morgan fingerprint density at radius 3 is 2.80 bits per heavy atom. The quantitative estimate of drug-likeness (QED) is 0.869. The van der Waals surface area contributed by atoms with Gasteiger partial charge in [-0.3, -0.25) is 0 Å². The average Bonchev–Trinajstić information content (AvgIpc) is 2.64. The lowest BCUT2D eigenvalue weighted by atomic mass is 9.77. The molecule has 1 aliphatic carbocycles. The predicted molar refractivity (Wildman–Crippen MR) is 71.7 cm³/mol. The zero-order valence-electron chi connectivity index (χ0n) is 11.6. The third-order valence-electron chi connectivity index (χ3n) is 3.25. The van der Waals surface area contributed by atoms with Crippen molar-refractivity contribution >= 4 is 11.3 Å². The van der Waals surface area contributed by atoms with Gasteiger partial charge >= 0.3 is 6.18 Å². The van der Waals surface area contributed by atoms with E-state index in [1.807, 2.05) is 0 Å². The maximum atomic E-state index is 11.9. The zero-order chi connectivity index (χ0) is 15.0. The second-order valence-corrected chi connectivity index (χ2v) is 7.10. The number of fused-ring (bicyclic) bond motifs is 1.